The topological polar surface area (TPSA) is 50.2 Å². The maximum atomic E-state index is 12.3. The van der Waals surface area contributed by atoms with Gasteiger partial charge in [-0.2, -0.15) is 0 Å². The number of aromatic nitrogens is 3. The first-order chi connectivity index (χ1) is 11.8. The highest BCUT2D eigenvalue weighted by atomic mass is 16.1. The van der Waals surface area contributed by atoms with Crippen LogP contribution in [0, 0.1) is 0 Å². The lowest BCUT2D eigenvalue weighted by Crippen LogP contribution is -2.13. The normalized spacial score (nSPS) is 12.6. The van der Waals surface area contributed by atoms with Crippen LogP contribution in [0.25, 0.3) is 33.5 Å². The summed E-state index contributed by atoms with van der Waals surface area (Å²) in [6.07, 6.45) is 5.66. The highest BCUT2D eigenvalue weighted by Crippen LogP contribution is 2.22. The quantitative estimate of drug-likeness (QED) is 0.517. The summed E-state index contributed by atoms with van der Waals surface area (Å²) in [5.74, 6) is 0. The van der Waals surface area contributed by atoms with Gasteiger partial charge in [0.2, 0.25) is 5.65 Å². The van der Waals surface area contributed by atoms with E-state index in [2.05, 4.69) is 34.2 Å². The molecule has 0 amide bonds. The van der Waals surface area contributed by atoms with Crippen molar-refractivity contribution in [2.24, 2.45) is 0 Å². The number of hydrogen-bond donors (Lipinski definition) is 1. The largest absolute Gasteiger partial charge is 0.317 e. The van der Waals surface area contributed by atoms with Gasteiger partial charge >= 0.3 is 0 Å². The second-order valence-corrected chi connectivity index (χ2v) is 5.81. The summed E-state index contributed by atoms with van der Waals surface area (Å²) in [6.45, 7) is 0. The Morgan fingerprint density at radius 3 is 2.54 bits per heavy atom. The molecule has 0 atom stereocenters. The monoisotopic (exact) mass is 311 g/mol. The van der Waals surface area contributed by atoms with Crippen LogP contribution in [0.1, 0.15) is 5.56 Å². The smallest absolute Gasteiger partial charge is 0.292 e. The van der Waals surface area contributed by atoms with Crippen LogP contribution in [0.15, 0.2) is 71.8 Å². The van der Waals surface area contributed by atoms with Gasteiger partial charge in [-0.3, -0.25) is 9.20 Å². The number of H-pyrrole nitrogens is 1. The summed E-state index contributed by atoms with van der Waals surface area (Å²) in [6, 6.07) is 18.3. The Kier molecular flexibility index (Phi) is 2.61. The third-order valence-corrected chi connectivity index (χ3v) is 4.41. The molecular weight excluding hydrogens is 298 g/mol. The van der Waals surface area contributed by atoms with Crippen molar-refractivity contribution in [1.82, 2.24) is 14.4 Å². The van der Waals surface area contributed by atoms with Crippen LogP contribution in [0.5, 0.6) is 0 Å². The second-order valence-electron chi connectivity index (χ2n) is 5.81. The van der Waals surface area contributed by atoms with E-state index in [0.717, 1.165) is 32.6 Å². The van der Waals surface area contributed by atoms with E-state index < -0.39 is 0 Å². The van der Waals surface area contributed by atoms with Crippen molar-refractivity contribution in [3.63, 3.8) is 0 Å². The van der Waals surface area contributed by atoms with Gasteiger partial charge in [-0.15, -0.1) is 0 Å². The third kappa shape index (κ3) is 1.74. The van der Waals surface area contributed by atoms with Crippen LogP contribution in [0.4, 0.5) is 0 Å². The van der Waals surface area contributed by atoms with Crippen molar-refractivity contribution in [2.45, 2.75) is 0 Å². The van der Waals surface area contributed by atoms with Crippen molar-refractivity contribution in [3.8, 4) is 0 Å². The molecule has 2 aromatic heterocycles. The van der Waals surface area contributed by atoms with Crippen LogP contribution in [0.3, 0.4) is 0 Å². The van der Waals surface area contributed by atoms with E-state index in [1.807, 2.05) is 47.0 Å². The minimum Gasteiger partial charge on any atom is -0.317 e. The summed E-state index contributed by atoms with van der Waals surface area (Å²) < 4.78 is 1.88. The average Bonchev–Trinajstić information content (AvgIpc) is 3.21. The molecule has 1 N–H and O–H groups in total. The summed E-state index contributed by atoms with van der Waals surface area (Å²) in [5.41, 5.74) is 3.19. The van der Waals surface area contributed by atoms with Gasteiger partial charge < -0.3 is 4.98 Å². The van der Waals surface area contributed by atoms with Crippen molar-refractivity contribution < 1.29 is 0 Å². The molecule has 114 valence electrons. The SMILES string of the molecule is O=c1[nH]c2c3ccccc3c(=Cc3ccccc3)c2n2ccnc12. The lowest BCUT2D eigenvalue weighted by Gasteiger charge is -1.98. The predicted octanol–water partition coefficient (Wildman–Crippen LogP) is 2.88. The maximum Gasteiger partial charge on any atom is 0.292 e. The number of benzene rings is 2. The fraction of sp³-hybridized carbons (Fsp3) is 0. The molecule has 5 rings (SSSR count). The van der Waals surface area contributed by atoms with E-state index in [4.69, 9.17) is 0 Å². The first-order valence-electron chi connectivity index (χ1n) is 7.79. The molecule has 4 heteroatoms. The van der Waals surface area contributed by atoms with Gasteiger partial charge in [-0.25, -0.2) is 4.98 Å². The molecule has 4 nitrogen and oxygen atoms in total. The van der Waals surface area contributed by atoms with E-state index in [1.165, 1.54) is 0 Å². The minimum atomic E-state index is -0.172. The minimum absolute atomic E-state index is 0.172. The molecule has 5 aromatic rings. The number of hydrogen-bond acceptors (Lipinski definition) is 2. The highest BCUT2D eigenvalue weighted by molar-refractivity contribution is 6.10. The Morgan fingerprint density at radius 2 is 1.71 bits per heavy atom. The Bertz CT molecular complexity index is 1310. The number of aromatic amines is 1. The Balaban J connectivity index is 2.10. The molecule has 0 aliphatic rings. The summed E-state index contributed by atoms with van der Waals surface area (Å²) in [7, 11) is 0. The van der Waals surface area contributed by atoms with E-state index >= 15 is 0 Å². The molecular formula is C20H13N3O. The van der Waals surface area contributed by atoms with Crippen LogP contribution >= 0.6 is 0 Å². The lowest BCUT2D eigenvalue weighted by molar-refractivity contribution is 1.17. The van der Waals surface area contributed by atoms with Gasteiger partial charge in [0.1, 0.15) is 0 Å². The zero-order valence-corrected chi connectivity index (χ0v) is 12.7. The van der Waals surface area contributed by atoms with Gasteiger partial charge in [0.25, 0.3) is 5.56 Å². The molecule has 0 saturated heterocycles. The first kappa shape index (κ1) is 13.1. The summed E-state index contributed by atoms with van der Waals surface area (Å²) >= 11 is 0. The van der Waals surface area contributed by atoms with Gasteiger partial charge in [-0.1, -0.05) is 54.6 Å². The van der Waals surface area contributed by atoms with E-state index in [1.54, 1.807) is 6.20 Å². The van der Waals surface area contributed by atoms with Crippen molar-refractivity contribution >= 4 is 33.5 Å². The second kappa shape index (κ2) is 4.80. The van der Waals surface area contributed by atoms with Gasteiger partial charge in [-0.05, 0) is 17.0 Å². The molecule has 3 aromatic carbocycles. The number of imidazole rings is 1. The Labute approximate surface area is 136 Å². The zero-order chi connectivity index (χ0) is 16.1. The van der Waals surface area contributed by atoms with E-state index in [0.29, 0.717) is 5.65 Å². The fourth-order valence-electron chi connectivity index (χ4n) is 3.39. The van der Waals surface area contributed by atoms with E-state index in [-0.39, 0.29) is 5.56 Å². The number of rotatable bonds is 1. The number of nitrogens with one attached hydrogen (secondary N) is 1. The van der Waals surface area contributed by atoms with Crippen molar-refractivity contribution in [1.29, 1.82) is 0 Å². The van der Waals surface area contributed by atoms with Gasteiger partial charge in [0, 0.05) is 23.0 Å². The summed E-state index contributed by atoms with van der Waals surface area (Å²) in [5, 5.41) is 3.25. The molecule has 0 bridgehead atoms. The molecule has 2 heterocycles. The zero-order valence-electron chi connectivity index (χ0n) is 12.7. The van der Waals surface area contributed by atoms with Crippen LogP contribution in [0.2, 0.25) is 0 Å². The molecule has 0 radical (unpaired) electrons. The van der Waals surface area contributed by atoms with Gasteiger partial charge in [0.05, 0.1) is 11.0 Å². The average molecular weight is 311 g/mol. The molecule has 0 unspecified atom stereocenters. The Morgan fingerprint density at radius 1 is 0.958 bits per heavy atom. The van der Waals surface area contributed by atoms with Crippen LogP contribution in [-0.2, 0) is 0 Å². The van der Waals surface area contributed by atoms with Crippen molar-refractivity contribution in [2.75, 3.05) is 0 Å². The highest BCUT2D eigenvalue weighted by Gasteiger charge is 2.13. The van der Waals surface area contributed by atoms with Gasteiger partial charge in [0.15, 0.2) is 0 Å². The maximum absolute atomic E-state index is 12.3. The van der Waals surface area contributed by atoms with Crippen LogP contribution in [-0.4, -0.2) is 14.4 Å². The van der Waals surface area contributed by atoms with Crippen molar-refractivity contribution in [3.05, 3.63) is 88.1 Å². The molecule has 0 aliphatic heterocycles. The van der Waals surface area contributed by atoms with Crippen LogP contribution < -0.4 is 10.8 Å². The predicted molar refractivity (Wildman–Crippen MR) is 96.1 cm³/mol. The van der Waals surface area contributed by atoms with E-state index in [9.17, 15) is 4.79 Å². The Hall–Kier alpha value is -3.40. The molecule has 0 saturated carbocycles. The standard InChI is InChI=1S/C20H13N3O/c24-20-19-21-10-11-23(19)18-16(12-13-6-2-1-3-7-13)14-8-4-5-9-15(14)17(18)22-20/h1-12H,(H,22,24). The molecule has 0 aliphatic carbocycles. The molecule has 0 fully saturated rings. The molecule has 0 spiro atoms. The summed E-state index contributed by atoms with van der Waals surface area (Å²) in [4.78, 5) is 19.5. The lowest BCUT2D eigenvalue weighted by atomic mass is 10.1. The number of nitrogens with zero attached hydrogens (tertiary/aromatic N) is 2. The molecule has 24 heavy (non-hydrogen) atoms. The fourth-order valence-corrected chi connectivity index (χ4v) is 3.39. The third-order valence-electron chi connectivity index (χ3n) is 4.41. The number of fused-ring (bicyclic) bond motifs is 5. The first-order valence-corrected chi connectivity index (χ1v) is 7.79.